The van der Waals surface area contributed by atoms with Crippen LogP contribution in [0.5, 0.6) is 5.75 Å². The molecule has 0 unspecified atom stereocenters. The van der Waals surface area contributed by atoms with E-state index in [9.17, 15) is 9.59 Å². The molecule has 0 heterocycles. The molecule has 0 aliphatic rings. The zero-order chi connectivity index (χ0) is 27.9. The first-order chi connectivity index (χ1) is 17.8. The highest BCUT2D eigenvalue weighted by Crippen LogP contribution is 2.24. The molecule has 0 aliphatic carbocycles. The fourth-order valence-corrected chi connectivity index (χ4v) is 4.18. The molecule has 3 rings (SSSR count). The molecule has 3 aromatic rings. The normalized spacial score (nSPS) is 12.5. The van der Waals surface area contributed by atoms with Crippen LogP contribution < -0.4 is 10.1 Å². The number of hydrogen-bond donors (Lipinski definition) is 1. The van der Waals surface area contributed by atoms with Gasteiger partial charge in [0, 0.05) is 18.5 Å². The van der Waals surface area contributed by atoms with E-state index in [0.29, 0.717) is 18.7 Å². The minimum absolute atomic E-state index is 0.0320. The van der Waals surface area contributed by atoms with Crippen LogP contribution in [0, 0.1) is 6.92 Å². The molecule has 5 nitrogen and oxygen atoms in total. The second kappa shape index (κ2) is 12.3. The lowest BCUT2D eigenvalue weighted by molar-refractivity contribution is -0.143. The van der Waals surface area contributed by atoms with Crippen molar-refractivity contribution < 1.29 is 14.3 Å². The number of amides is 2. The van der Waals surface area contributed by atoms with Crippen molar-refractivity contribution in [3.8, 4) is 5.75 Å². The van der Waals surface area contributed by atoms with Crippen LogP contribution >= 0.6 is 0 Å². The third kappa shape index (κ3) is 8.76. The largest absolute Gasteiger partial charge is 0.484 e. The van der Waals surface area contributed by atoms with Crippen LogP contribution in [0.1, 0.15) is 63.8 Å². The molecule has 0 saturated heterocycles. The lowest BCUT2D eigenvalue weighted by Crippen LogP contribution is -2.55. The number of hydrogen-bond acceptors (Lipinski definition) is 3. The molecule has 0 saturated carbocycles. The van der Waals surface area contributed by atoms with E-state index in [0.717, 1.165) is 16.7 Å². The van der Waals surface area contributed by atoms with Gasteiger partial charge < -0.3 is 15.0 Å². The van der Waals surface area contributed by atoms with Crippen molar-refractivity contribution in [3.05, 3.63) is 101 Å². The van der Waals surface area contributed by atoms with E-state index >= 15 is 0 Å². The highest BCUT2D eigenvalue weighted by atomic mass is 16.5. The van der Waals surface area contributed by atoms with E-state index in [1.54, 1.807) is 4.90 Å². The van der Waals surface area contributed by atoms with Gasteiger partial charge in [-0.25, -0.2) is 0 Å². The van der Waals surface area contributed by atoms with Gasteiger partial charge in [-0.15, -0.1) is 0 Å². The number of rotatable bonds is 9. The van der Waals surface area contributed by atoms with Crippen LogP contribution in [-0.2, 0) is 28.0 Å². The van der Waals surface area contributed by atoms with Crippen molar-refractivity contribution in [1.82, 2.24) is 10.2 Å². The Labute approximate surface area is 228 Å². The van der Waals surface area contributed by atoms with Crippen molar-refractivity contribution in [3.63, 3.8) is 0 Å². The summed E-state index contributed by atoms with van der Waals surface area (Å²) in [7, 11) is 0. The number of ether oxygens (including phenoxy) is 1. The summed E-state index contributed by atoms with van der Waals surface area (Å²) < 4.78 is 5.93. The van der Waals surface area contributed by atoms with Crippen molar-refractivity contribution in [1.29, 1.82) is 0 Å². The number of carbonyl (C=O) groups excluding carboxylic acids is 2. The Morgan fingerprint density at radius 3 is 1.97 bits per heavy atom. The van der Waals surface area contributed by atoms with Gasteiger partial charge >= 0.3 is 0 Å². The first-order valence-electron chi connectivity index (χ1n) is 13.3. The van der Waals surface area contributed by atoms with Gasteiger partial charge in [0.15, 0.2) is 6.61 Å². The Morgan fingerprint density at radius 1 is 0.816 bits per heavy atom. The third-order valence-electron chi connectivity index (χ3n) is 6.33. The fraction of sp³-hybridized carbons (Fsp3) is 0.394. The van der Waals surface area contributed by atoms with Crippen LogP contribution in [0.15, 0.2) is 78.9 Å². The lowest BCUT2D eigenvalue weighted by atomic mass is 9.87. The highest BCUT2D eigenvalue weighted by Gasteiger charge is 2.32. The maximum atomic E-state index is 13.7. The van der Waals surface area contributed by atoms with Crippen LogP contribution in [0.25, 0.3) is 0 Å². The van der Waals surface area contributed by atoms with Gasteiger partial charge in [-0.1, -0.05) is 93.1 Å². The number of nitrogens with zero attached hydrogens (tertiary/aromatic N) is 1. The predicted octanol–water partition coefficient (Wildman–Crippen LogP) is 6.23. The summed E-state index contributed by atoms with van der Waals surface area (Å²) in [6.45, 7) is 14.5. The molecular formula is C33H42N2O3. The van der Waals surface area contributed by atoms with E-state index in [-0.39, 0.29) is 23.8 Å². The average molecular weight is 515 g/mol. The summed E-state index contributed by atoms with van der Waals surface area (Å²) in [5.41, 5.74) is 3.88. The summed E-state index contributed by atoms with van der Waals surface area (Å²) in [6.07, 6.45) is 0.403. The summed E-state index contributed by atoms with van der Waals surface area (Å²) >= 11 is 0. The molecule has 5 heteroatoms. The van der Waals surface area contributed by atoms with Gasteiger partial charge in [-0.05, 0) is 61.9 Å². The lowest BCUT2D eigenvalue weighted by Gasteiger charge is -2.33. The molecule has 0 bridgehead atoms. The number of carbonyl (C=O) groups is 2. The van der Waals surface area contributed by atoms with E-state index in [1.165, 1.54) is 5.56 Å². The zero-order valence-corrected chi connectivity index (χ0v) is 23.9. The predicted molar refractivity (Wildman–Crippen MR) is 154 cm³/mol. The first-order valence-corrected chi connectivity index (χ1v) is 13.3. The monoisotopic (exact) mass is 514 g/mol. The van der Waals surface area contributed by atoms with Crippen molar-refractivity contribution >= 4 is 11.8 Å². The Hall–Kier alpha value is -3.60. The van der Waals surface area contributed by atoms with Crippen LogP contribution in [-0.4, -0.2) is 34.9 Å². The second-order valence-electron chi connectivity index (χ2n) is 12.0. The van der Waals surface area contributed by atoms with Crippen LogP contribution in [0.3, 0.4) is 0 Å². The molecule has 38 heavy (non-hydrogen) atoms. The van der Waals surface area contributed by atoms with Crippen molar-refractivity contribution in [2.24, 2.45) is 0 Å². The molecule has 3 aromatic carbocycles. The standard InChI is InChI=1S/C33H42N2O3/c1-24-13-15-26(16-14-24)22-35(30(36)23-38-28-19-17-27(18-20-28)32(2,3)4)29(31(37)34-33(5,6)7)21-25-11-9-8-10-12-25/h8-20,29H,21-23H2,1-7H3,(H,34,37)/t29-/m0/s1. The Kier molecular flexibility index (Phi) is 9.37. The zero-order valence-electron chi connectivity index (χ0n) is 23.9. The quantitative estimate of drug-likeness (QED) is 0.368. The van der Waals surface area contributed by atoms with E-state index in [4.69, 9.17) is 4.74 Å². The van der Waals surface area contributed by atoms with Crippen molar-refractivity contribution in [2.45, 2.75) is 78.4 Å². The van der Waals surface area contributed by atoms with Crippen LogP contribution in [0.2, 0.25) is 0 Å². The molecule has 1 atom stereocenters. The molecule has 1 N–H and O–H groups in total. The van der Waals surface area contributed by atoms with E-state index < -0.39 is 11.6 Å². The Bertz CT molecular complexity index is 1190. The van der Waals surface area contributed by atoms with Crippen LogP contribution in [0.4, 0.5) is 0 Å². The maximum Gasteiger partial charge on any atom is 0.261 e. The number of benzene rings is 3. The van der Waals surface area contributed by atoms with Gasteiger partial charge in [0.1, 0.15) is 11.8 Å². The summed E-state index contributed by atoms with van der Waals surface area (Å²) in [5.74, 6) is 0.201. The molecule has 0 fully saturated rings. The topological polar surface area (TPSA) is 58.6 Å². The molecule has 0 aromatic heterocycles. The molecular weight excluding hydrogens is 472 g/mol. The first kappa shape index (κ1) is 29.0. The summed E-state index contributed by atoms with van der Waals surface area (Å²) in [6, 6.07) is 25.0. The van der Waals surface area contributed by atoms with Gasteiger partial charge in [-0.3, -0.25) is 9.59 Å². The Morgan fingerprint density at radius 2 is 1.42 bits per heavy atom. The second-order valence-corrected chi connectivity index (χ2v) is 12.0. The third-order valence-corrected chi connectivity index (χ3v) is 6.33. The molecule has 0 spiro atoms. The summed E-state index contributed by atoms with van der Waals surface area (Å²) in [4.78, 5) is 29.0. The van der Waals surface area contributed by atoms with E-state index in [1.807, 2.05) is 107 Å². The SMILES string of the molecule is Cc1ccc(CN(C(=O)COc2ccc(C(C)(C)C)cc2)[C@@H](Cc2ccccc2)C(=O)NC(C)(C)C)cc1. The molecule has 202 valence electrons. The van der Waals surface area contributed by atoms with Gasteiger partial charge in [-0.2, -0.15) is 0 Å². The molecule has 0 radical (unpaired) electrons. The van der Waals surface area contributed by atoms with Gasteiger partial charge in [0.2, 0.25) is 5.91 Å². The molecule has 0 aliphatic heterocycles. The number of nitrogens with one attached hydrogen (secondary N) is 1. The van der Waals surface area contributed by atoms with Crippen molar-refractivity contribution in [2.75, 3.05) is 6.61 Å². The van der Waals surface area contributed by atoms with Gasteiger partial charge in [0.25, 0.3) is 5.91 Å². The minimum atomic E-state index is -0.697. The summed E-state index contributed by atoms with van der Waals surface area (Å²) in [5, 5.41) is 3.09. The average Bonchev–Trinajstić information content (AvgIpc) is 2.85. The maximum absolute atomic E-state index is 13.7. The smallest absolute Gasteiger partial charge is 0.261 e. The number of aryl methyl sites for hydroxylation is 1. The van der Waals surface area contributed by atoms with Gasteiger partial charge in [0.05, 0.1) is 0 Å². The Balaban J connectivity index is 1.89. The minimum Gasteiger partial charge on any atom is -0.484 e. The van der Waals surface area contributed by atoms with E-state index in [2.05, 4.69) is 26.1 Å². The molecule has 2 amide bonds. The highest BCUT2D eigenvalue weighted by molar-refractivity contribution is 5.89. The fourth-order valence-electron chi connectivity index (χ4n) is 4.18.